The number of nitrogens with zero attached hydrogens (tertiary/aromatic N) is 1. The van der Waals surface area contributed by atoms with Crippen molar-refractivity contribution in [2.24, 2.45) is 5.73 Å². The number of rotatable bonds is 7. The second-order valence-corrected chi connectivity index (χ2v) is 7.99. The number of hydrogen-bond donors (Lipinski definition) is 1. The van der Waals surface area contributed by atoms with Gasteiger partial charge in [-0.05, 0) is 56.5 Å². The van der Waals surface area contributed by atoms with Crippen molar-refractivity contribution in [3.63, 3.8) is 0 Å². The van der Waals surface area contributed by atoms with Gasteiger partial charge in [0.2, 0.25) is 10.0 Å². The first-order chi connectivity index (χ1) is 11.9. The van der Waals surface area contributed by atoms with Crippen LogP contribution in [0.5, 0.6) is 0 Å². The van der Waals surface area contributed by atoms with E-state index in [1.54, 1.807) is 13.0 Å². The second-order valence-electron chi connectivity index (χ2n) is 6.09. The van der Waals surface area contributed by atoms with E-state index in [0.29, 0.717) is 50.2 Å². The molecule has 0 aliphatic carbocycles. The summed E-state index contributed by atoms with van der Waals surface area (Å²) >= 11 is 0. The number of esters is 1. The molecule has 1 fully saturated rings. The summed E-state index contributed by atoms with van der Waals surface area (Å²) in [6.07, 6.45) is 2.23. The number of nitrogens with two attached hydrogens (primary N) is 1. The molecule has 0 radical (unpaired) electrons. The Bertz CT molecular complexity index is 697. The van der Waals surface area contributed by atoms with E-state index in [4.69, 9.17) is 10.5 Å². The zero-order valence-electron chi connectivity index (χ0n) is 14.7. The van der Waals surface area contributed by atoms with Crippen LogP contribution in [0.15, 0.2) is 23.1 Å². The molecule has 25 heavy (non-hydrogen) atoms. The average Bonchev–Trinajstić information content (AvgIpc) is 2.61. The highest BCUT2D eigenvalue weighted by Crippen LogP contribution is 2.25. The van der Waals surface area contributed by atoms with E-state index in [1.165, 1.54) is 23.5 Å². The molecule has 1 heterocycles. The molecular formula is C17H26N2O5S. The number of aryl methyl sites for hydroxylation is 1. The van der Waals surface area contributed by atoms with Gasteiger partial charge in [0.05, 0.1) is 23.7 Å². The fourth-order valence-corrected chi connectivity index (χ4v) is 4.57. The van der Waals surface area contributed by atoms with Crippen molar-refractivity contribution >= 4 is 16.0 Å². The van der Waals surface area contributed by atoms with E-state index < -0.39 is 16.0 Å². The third kappa shape index (κ3) is 4.78. The van der Waals surface area contributed by atoms with Gasteiger partial charge < -0.3 is 15.2 Å². The summed E-state index contributed by atoms with van der Waals surface area (Å²) in [5.74, 6) is -0.484. The molecule has 0 atom stereocenters. The van der Waals surface area contributed by atoms with Gasteiger partial charge in [-0.3, -0.25) is 0 Å². The number of sulfonamides is 1. The van der Waals surface area contributed by atoms with Gasteiger partial charge >= 0.3 is 5.97 Å². The molecule has 1 saturated heterocycles. The Labute approximate surface area is 149 Å². The Kier molecular flexibility index (Phi) is 6.95. The van der Waals surface area contributed by atoms with Gasteiger partial charge in [-0.15, -0.1) is 0 Å². The molecule has 0 saturated carbocycles. The quantitative estimate of drug-likeness (QED) is 0.574. The van der Waals surface area contributed by atoms with Gasteiger partial charge in [-0.2, -0.15) is 4.31 Å². The number of piperidine rings is 1. The number of carbonyl (C=O) groups is 1. The van der Waals surface area contributed by atoms with E-state index in [-0.39, 0.29) is 11.0 Å². The van der Waals surface area contributed by atoms with Gasteiger partial charge in [-0.25, -0.2) is 13.2 Å². The molecule has 1 aromatic rings. The number of carbonyl (C=O) groups excluding carboxylic acids is 1. The smallest absolute Gasteiger partial charge is 0.337 e. The summed E-state index contributed by atoms with van der Waals surface area (Å²) in [6, 6.07) is 4.50. The second kappa shape index (κ2) is 8.75. The maximum atomic E-state index is 12.9. The van der Waals surface area contributed by atoms with Crippen molar-refractivity contribution in [3.05, 3.63) is 29.3 Å². The van der Waals surface area contributed by atoms with E-state index in [9.17, 15) is 13.2 Å². The highest BCUT2D eigenvalue weighted by Gasteiger charge is 2.30. The Balaban J connectivity index is 2.06. The maximum Gasteiger partial charge on any atom is 0.337 e. The molecule has 1 aliphatic rings. The van der Waals surface area contributed by atoms with Crippen LogP contribution in [0, 0.1) is 6.92 Å². The zero-order chi connectivity index (χ0) is 18.4. The normalized spacial score (nSPS) is 16.8. The average molecular weight is 370 g/mol. The fourth-order valence-electron chi connectivity index (χ4n) is 2.90. The molecule has 1 aliphatic heterocycles. The zero-order valence-corrected chi connectivity index (χ0v) is 15.5. The number of hydrogen-bond acceptors (Lipinski definition) is 6. The van der Waals surface area contributed by atoms with Gasteiger partial charge in [-0.1, -0.05) is 0 Å². The lowest BCUT2D eigenvalue weighted by atomic mass is 10.1. The predicted molar refractivity (Wildman–Crippen MR) is 93.9 cm³/mol. The fraction of sp³-hybridized carbons (Fsp3) is 0.588. The Hall–Kier alpha value is -1.48. The van der Waals surface area contributed by atoms with Crippen LogP contribution in [0.1, 0.15) is 35.2 Å². The Morgan fingerprint density at radius 2 is 2.00 bits per heavy atom. The summed E-state index contributed by atoms with van der Waals surface area (Å²) in [7, 11) is -2.29. The third-order valence-corrected chi connectivity index (χ3v) is 6.38. The minimum absolute atomic E-state index is 0.0841. The van der Waals surface area contributed by atoms with Crippen LogP contribution < -0.4 is 5.73 Å². The van der Waals surface area contributed by atoms with Crippen molar-refractivity contribution < 1.29 is 22.7 Å². The molecular weight excluding hydrogens is 344 g/mol. The van der Waals surface area contributed by atoms with Crippen LogP contribution in [-0.4, -0.2) is 58.1 Å². The highest BCUT2D eigenvalue weighted by molar-refractivity contribution is 7.89. The van der Waals surface area contributed by atoms with Crippen LogP contribution in [0.25, 0.3) is 0 Å². The molecule has 0 amide bonds. The summed E-state index contributed by atoms with van der Waals surface area (Å²) < 4.78 is 37.6. The van der Waals surface area contributed by atoms with Crippen molar-refractivity contribution in [2.75, 3.05) is 33.4 Å². The van der Waals surface area contributed by atoms with Gasteiger partial charge in [0.25, 0.3) is 0 Å². The molecule has 0 bridgehead atoms. The van der Waals surface area contributed by atoms with Crippen LogP contribution in [-0.2, 0) is 19.5 Å². The number of methoxy groups -OCH3 is 1. The molecule has 0 aromatic heterocycles. The molecule has 8 heteroatoms. The van der Waals surface area contributed by atoms with E-state index in [2.05, 4.69) is 4.74 Å². The monoisotopic (exact) mass is 370 g/mol. The minimum atomic E-state index is -3.58. The van der Waals surface area contributed by atoms with Crippen LogP contribution in [0.2, 0.25) is 0 Å². The minimum Gasteiger partial charge on any atom is -0.465 e. The molecule has 140 valence electrons. The highest BCUT2D eigenvalue weighted by atomic mass is 32.2. The topological polar surface area (TPSA) is 98.9 Å². The Morgan fingerprint density at radius 3 is 2.56 bits per heavy atom. The van der Waals surface area contributed by atoms with Gasteiger partial charge in [0.15, 0.2) is 0 Å². The van der Waals surface area contributed by atoms with Crippen LogP contribution in [0.4, 0.5) is 0 Å². The van der Waals surface area contributed by atoms with Gasteiger partial charge in [0, 0.05) is 19.7 Å². The SMILES string of the molecule is COC(=O)c1ccc(S(=O)(=O)N2CCC(OCCCN)CC2)c(C)c1. The number of benzene rings is 1. The van der Waals surface area contributed by atoms with Gasteiger partial charge in [0.1, 0.15) is 0 Å². The van der Waals surface area contributed by atoms with E-state index in [1.807, 2.05) is 0 Å². The molecule has 0 spiro atoms. The summed E-state index contributed by atoms with van der Waals surface area (Å²) in [5.41, 5.74) is 6.31. The lowest BCUT2D eigenvalue weighted by Gasteiger charge is -2.31. The molecule has 7 nitrogen and oxygen atoms in total. The molecule has 0 unspecified atom stereocenters. The van der Waals surface area contributed by atoms with E-state index in [0.717, 1.165) is 6.42 Å². The number of ether oxygens (including phenoxy) is 2. The first kappa shape index (κ1) is 19.8. The van der Waals surface area contributed by atoms with Crippen molar-refractivity contribution in [1.82, 2.24) is 4.31 Å². The standard InChI is InChI=1S/C17H26N2O5S/c1-13-12-14(17(20)23-2)4-5-16(13)25(21,22)19-9-6-15(7-10-19)24-11-3-8-18/h4-5,12,15H,3,6-11,18H2,1-2H3. The Morgan fingerprint density at radius 1 is 1.32 bits per heavy atom. The predicted octanol–water partition coefficient (Wildman–Crippen LogP) is 1.30. The summed E-state index contributed by atoms with van der Waals surface area (Å²) in [4.78, 5) is 11.8. The lowest BCUT2D eigenvalue weighted by molar-refractivity contribution is 0.0209. The third-order valence-electron chi connectivity index (χ3n) is 4.32. The first-order valence-electron chi connectivity index (χ1n) is 8.41. The van der Waals surface area contributed by atoms with Crippen LogP contribution >= 0.6 is 0 Å². The summed E-state index contributed by atoms with van der Waals surface area (Å²) in [5, 5.41) is 0. The van der Waals surface area contributed by atoms with Crippen molar-refractivity contribution in [3.8, 4) is 0 Å². The molecule has 2 N–H and O–H groups in total. The van der Waals surface area contributed by atoms with Crippen molar-refractivity contribution in [2.45, 2.75) is 37.2 Å². The summed E-state index contributed by atoms with van der Waals surface area (Å²) in [6.45, 7) is 3.74. The maximum absolute atomic E-state index is 12.9. The van der Waals surface area contributed by atoms with Crippen LogP contribution in [0.3, 0.4) is 0 Å². The largest absolute Gasteiger partial charge is 0.465 e. The van der Waals surface area contributed by atoms with E-state index >= 15 is 0 Å². The lowest BCUT2D eigenvalue weighted by Crippen LogP contribution is -2.41. The first-order valence-corrected chi connectivity index (χ1v) is 9.85. The molecule has 2 rings (SSSR count). The molecule has 1 aromatic carbocycles. The van der Waals surface area contributed by atoms with Crippen molar-refractivity contribution in [1.29, 1.82) is 0 Å².